The van der Waals surface area contributed by atoms with Crippen LogP contribution >= 0.6 is 11.5 Å². The molecule has 70 valence electrons. The summed E-state index contributed by atoms with van der Waals surface area (Å²) in [5.41, 5.74) is 6.04. The Hall–Kier alpha value is -1.10. The van der Waals surface area contributed by atoms with Gasteiger partial charge < -0.3 is 11.1 Å². The summed E-state index contributed by atoms with van der Waals surface area (Å²) in [5.74, 6) is -0.0790. The van der Waals surface area contributed by atoms with Gasteiger partial charge in [-0.25, -0.2) is 0 Å². The molecule has 0 atom stereocenters. The molecule has 0 saturated heterocycles. The van der Waals surface area contributed by atoms with Gasteiger partial charge in [0.15, 0.2) is 0 Å². The molecule has 1 amide bonds. The molecule has 1 saturated carbocycles. The van der Waals surface area contributed by atoms with Gasteiger partial charge in [-0.15, -0.1) is 0 Å². The van der Waals surface area contributed by atoms with Crippen molar-refractivity contribution < 1.29 is 4.79 Å². The van der Waals surface area contributed by atoms with E-state index in [1.165, 1.54) is 12.6 Å². The average molecular weight is 197 g/mol. The van der Waals surface area contributed by atoms with Gasteiger partial charge in [0.05, 0.1) is 11.9 Å². The first-order chi connectivity index (χ1) is 6.27. The van der Waals surface area contributed by atoms with Crippen LogP contribution in [0.2, 0.25) is 0 Å². The lowest BCUT2D eigenvalue weighted by molar-refractivity contribution is 0.0922. The highest BCUT2D eigenvalue weighted by Gasteiger charge is 2.21. The van der Waals surface area contributed by atoms with Crippen LogP contribution in [-0.2, 0) is 0 Å². The van der Waals surface area contributed by atoms with Crippen molar-refractivity contribution in [2.45, 2.75) is 25.3 Å². The van der Waals surface area contributed by atoms with E-state index in [1.807, 2.05) is 0 Å². The summed E-state index contributed by atoms with van der Waals surface area (Å²) in [7, 11) is 0. The van der Waals surface area contributed by atoms with E-state index < -0.39 is 0 Å². The molecule has 0 aromatic carbocycles. The lowest BCUT2D eigenvalue weighted by Crippen LogP contribution is -2.39. The molecule has 1 aliphatic rings. The molecule has 0 unspecified atom stereocenters. The zero-order valence-corrected chi connectivity index (χ0v) is 7.93. The highest BCUT2D eigenvalue weighted by atomic mass is 32.1. The van der Waals surface area contributed by atoms with Crippen molar-refractivity contribution in [1.29, 1.82) is 0 Å². The summed E-state index contributed by atoms with van der Waals surface area (Å²) in [4.78, 5) is 12.0. The number of amides is 1. The number of rotatable bonds is 2. The molecule has 1 aromatic heterocycles. The van der Waals surface area contributed by atoms with Gasteiger partial charge in [-0.1, -0.05) is 0 Å². The van der Waals surface area contributed by atoms with Gasteiger partial charge in [-0.3, -0.25) is 4.79 Å². The molecule has 1 aromatic rings. The number of carbonyl (C=O) groups excluding carboxylic acids is 1. The Morgan fingerprint density at radius 2 is 2.46 bits per heavy atom. The highest BCUT2D eigenvalue weighted by molar-refractivity contribution is 7.08. The standard InChI is InChI=1S/C8H11N3OS/c9-6-4-10-13-7(6)8(12)11-5-2-1-3-5/h4-5H,1-3,9H2,(H,11,12). The molecule has 1 heterocycles. The van der Waals surface area contributed by atoms with Crippen LogP contribution in [-0.4, -0.2) is 16.3 Å². The van der Waals surface area contributed by atoms with E-state index in [0.29, 0.717) is 16.6 Å². The van der Waals surface area contributed by atoms with Crippen LogP contribution in [0.4, 0.5) is 5.69 Å². The number of nitrogens with two attached hydrogens (primary N) is 1. The molecule has 4 nitrogen and oxygen atoms in total. The van der Waals surface area contributed by atoms with Gasteiger partial charge in [0, 0.05) is 6.04 Å². The number of nitrogen functional groups attached to an aromatic ring is 1. The van der Waals surface area contributed by atoms with Gasteiger partial charge in [-0.2, -0.15) is 4.37 Å². The van der Waals surface area contributed by atoms with Crippen LogP contribution in [0.15, 0.2) is 6.20 Å². The monoisotopic (exact) mass is 197 g/mol. The van der Waals surface area contributed by atoms with Crippen molar-refractivity contribution in [3.8, 4) is 0 Å². The Kier molecular flexibility index (Phi) is 2.18. The summed E-state index contributed by atoms with van der Waals surface area (Å²) >= 11 is 1.15. The number of nitrogens with one attached hydrogen (secondary N) is 1. The van der Waals surface area contributed by atoms with E-state index in [2.05, 4.69) is 9.69 Å². The molecule has 0 aliphatic heterocycles. The van der Waals surface area contributed by atoms with E-state index in [9.17, 15) is 4.79 Å². The lowest BCUT2D eigenvalue weighted by atomic mass is 9.93. The average Bonchev–Trinajstić information content (AvgIpc) is 2.43. The number of nitrogens with zero attached hydrogens (tertiary/aromatic N) is 1. The quantitative estimate of drug-likeness (QED) is 0.743. The Morgan fingerprint density at radius 1 is 1.69 bits per heavy atom. The maximum Gasteiger partial charge on any atom is 0.265 e. The third-order valence-electron chi connectivity index (χ3n) is 2.24. The third kappa shape index (κ3) is 1.65. The SMILES string of the molecule is Nc1cnsc1C(=O)NC1CCC1. The maximum atomic E-state index is 11.5. The molecule has 0 bridgehead atoms. The maximum absolute atomic E-state index is 11.5. The molecule has 13 heavy (non-hydrogen) atoms. The molecular formula is C8H11N3OS. The smallest absolute Gasteiger partial charge is 0.265 e. The lowest BCUT2D eigenvalue weighted by Gasteiger charge is -2.25. The Bertz CT molecular complexity index is 319. The summed E-state index contributed by atoms with van der Waals surface area (Å²) in [5, 5.41) is 2.91. The van der Waals surface area contributed by atoms with Gasteiger partial charge >= 0.3 is 0 Å². The zero-order valence-electron chi connectivity index (χ0n) is 7.12. The Balaban J connectivity index is 2.00. The van der Waals surface area contributed by atoms with E-state index >= 15 is 0 Å². The molecular weight excluding hydrogens is 186 g/mol. The molecule has 1 fully saturated rings. The summed E-state index contributed by atoms with van der Waals surface area (Å²) in [6, 6.07) is 0.356. The minimum absolute atomic E-state index is 0.0790. The second-order valence-electron chi connectivity index (χ2n) is 3.21. The normalized spacial score (nSPS) is 16.6. The van der Waals surface area contributed by atoms with Crippen molar-refractivity contribution in [2.24, 2.45) is 0 Å². The second-order valence-corrected chi connectivity index (χ2v) is 4.01. The number of carbonyl (C=O) groups is 1. The first kappa shape index (κ1) is 8.50. The Labute approximate surface area is 80.3 Å². The Morgan fingerprint density at radius 3 is 2.92 bits per heavy atom. The molecule has 0 radical (unpaired) electrons. The van der Waals surface area contributed by atoms with Crippen molar-refractivity contribution in [3.63, 3.8) is 0 Å². The van der Waals surface area contributed by atoms with Gasteiger partial charge in [0.2, 0.25) is 0 Å². The van der Waals surface area contributed by atoms with Crippen molar-refractivity contribution >= 4 is 23.1 Å². The zero-order chi connectivity index (χ0) is 9.26. The fraction of sp³-hybridized carbons (Fsp3) is 0.500. The first-order valence-electron chi connectivity index (χ1n) is 4.28. The molecule has 2 rings (SSSR count). The van der Waals surface area contributed by atoms with Gasteiger partial charge in [-0.05, 0) is 30.8 Å². The minimum Gasteiger partial charge on any atom is -0.396 e. The number of anilines is 1. The summed E-state index contributed by atoms with van der Waals surface area (Å²) < 4.78 is 3.85. The van der Waals surface area contributed by atoms with Crippen molar-refractivity contribution in [1.82, 2.24) is 9.69 Å². The van der Waals surface area contributed by atoms with Crippen LogP contribution in [0.5, 0.6) is 0 Å². The molecule has 0 spiro atoms. The van der Waals surface area contributed by atoms with Crippen LogP contribution < -0.4 is 11.1 Å². The highest BCUT2D eigenvalue weighted by Crippen LogP contribution is 2.20. The fourth-order valence-corrected chi connectivity index (χ4v) is 1.79. The largest absolute Gasteiger partial charge is 0.396 e. The van der Waals surface area contributed by atoms with Crippen LogP contribution in [0.3, 0.4) is 0 Å². The van der Waals surface area contributed by atoms with Crippen molar-refractivity contribution in [2.75, 3.05) is 5.73 Å². The third-order valence-corrected chi connectivity index (χ3v) is 3.06. The second kappa shape index (κ2) is 3.33. The number of hydrogen-bond acceptors (Lipinski definition) is 4. The predicted octanol–water partition coefficient (Wildman–Crippen LogP) is 1.01. The van der Waals surface area contributed by atoms with Gasteiger partial charge in [0.25, 0.3) is 5.91 Å². The molecule has 5 heteroatoms. The van der Waals surface area contributed by atoms with E-state index in [1.54, 1.807) is 0 Å². The van der Waals surface area contributed by atoms with Crippen LogP contribution in [0, 0.1) is 0 Å². The number of hydrogen-bond donors (Lipinski definition) is 2. The van der Waals surface area contributed by atoms with E-state index in [0.717, 1.165) is 24.4 Å². The number of aromatic nitrogens is 1. The first-order valence-corrected chi connectivity index (χ1v) is 5.05. The van der Waals surface area contributed by atoms with Crippen molar-refractivity contribution in [3.05, 3.63) is 11.1 Å². The molecule has 1 aliphatic carbocycles. The van der Waals surface area contributed by atoms with Gasteiger partial charge in [0.1, 0.15) is 4.88 Å². The predicted molar refractivity (Wildman–Crippen MR) is 51.6 cm³/mol. The van der Waals surface area contributed by atoms with Crippen LogP contribution in [0.25, 0.3) is 0 Å². The molecule has 3 N–H and O–H groups in total. The van der Waals surface area contributed by atoms with E-state index in [4.69, 9.17) is 5.73 Å². The minimum atomic E-state index is -0.0790. The fourth-order valence-electron chi connectivity index (χ4n) is 1.22. The van der Waals surface area contributed by atoms with Crippen LogP contribution in [0.1, 0.15) is 28.9 Å². The summed E-state index contributed by atoms with van der Waals surface area (Å²) in [6.07, 6.45) is 4.90. The summed E-state index contributed by atoms with van der Waals surface area (Å²) in [6.45, 7) is 0. The topological polar surface area (TPSA) is 68.0 Å². The van der Waals surface area contributed by atoms with E-state index in [-0.39, 0.29) is 5.91 Å².